The molecule has 4 heteroatoms. The number of hydrogen-bond donors (Lipinski definition) is 0. The number of benzene rings is 1. The predicted octanol–water partition coefficient (Wildman–Crippen LogP) is -0.745. The van der Waals surface area contributed by atoms with E-state index < -0.39 is 8.07 Å². The van der Waals surface area contributed by atoms with Gasteiger partial charge in [0, 0.05) is 0 Å². The van der Waals surface area contributed by atoms with Gasteiger partial charge in [0.05, 0.1) is 0 Å². The van der Waals surface area contributed by atoms with E-state index in [1.165, 1.54) is 24.4 Å². The van der Waals surface area contributed by atoms with Gasteiger partial charge in [-0.2, -0.15) is 0 Å². The summed E-state index contributed by atoms with van der Waals surface area (Å²) in [5.41, 5.74) is 3.21. The van der Waals surface area contributed by atoms with Crippen molar-refractivity contribution in [3.05, 3.63) is 63.6 Å². The fourth-order valence-electron chi connectivity index (χ4n) is 4.43. The maximum atomic E-state index is 2.67. The van der Waals surface area contributed by atoms with Gasteiger partial charge < -0.3 is 24.8 Å². The summed E-state index contributed by atoms with van der Waals surface area (Å²) in [6, 6.07) is 13.8. The predicted molar refractivity (Wildman–Crippen MR) is 89.5 cm³/mol. The van der Waals surface area contributed by atoms with Crippen LogP contribution in [0.3, 0.4) is 0 Å². The Morgan fingerprint density at radius 3 is 2.57 bits per heavy atom. The number of rotatable bonds is 4. The van der Waals surface area contributed by atoms with Crippen molar-refractivity contribution in [2.45, 2.75) is 41.2 Å². The first kappa shape index (κ1) is 19.3. The molecular weight excluding hydrogens is 375 g/mol. The Morgan fingerprint density at radius 1 is 1.17 bits per heavy atom. The van der Waals surface area contributed by atoms with Crippen molar-refractivity contribution in [3.8, 4) is 0 Å². The molecule has 1 unspecified atom stereocenters. The van der Waals surface area contributed by atoms with Gasteiger partial charge in [0.1, 0.15) is 0 Å². The van der Waals surface area contributed by atoms with Crippen LogP contribution in [0.25, 0.3) is 6.08 Å². The molecule has 1 aromatic rings. The smallest absolute Gasteiger partial charge is 1.00 e. The summed E-state index contributed by atoms with van der Waals surface area (Å²) >= 11 is -0.100. The van der Waals surface area contributed by atoms with E-state index in [4.69, 9.17) is 0 Å². The number of allylic oxidation sites excluding steroid dienone is 5. The molecule has 1 heterocycles. The van der Waals surface area contributed by atoms with Crippen LogP contribution in [0.15, 0.2) is 52.4 Å². The van der Waals surface area contributed by atoms with E-state index in [2.05, 4.69) is 61.6 Å². The Balaban J connectivity index is 0.000000960. The Bertz CT molecular complexity index is 656. The zero-order valence-corrected chi connectivity index (χ0v) is 17.6. The van der Waals surface area contributed by atoms with Crippen molar-refractivity contribution < 1.29 is 44.0 Å². The summed E-state index contributed by atoms with van der Waals surface area (Å²) in [6.07, 6.45) is 14.9. The third-order valence-electron chi connectivity index (χ3n) is 5.85. The van der Waals surface area contributed by atoms with Gasteiger partial charge in [-0.15, -0.1) is 0 Å². The maximum Gasteiger partial charge on any atom is -1.00 e. The second-order valence-electron chi connectivity index (χ2n) is 6.67. The zero-order valence-electron chi connectivity index (χ0n) is 13.5. The molecule has 0 N–H and O–H groups in total. The zero-order chi connectivity index (χ0) is 14.3. The molecule has 0 spiro atoms. The molecule has 120 valence electrons. The molecule has 0 aromatic heterocycles. The van der Waals surface area contributed by atoms with E-state index in [-0.39, 0.29) is 44.0 Å². The molecule has 1 fully saturated rings. The minimum Gasteiger partial charge on any atom is -1.00 e. The third-order valence-corrected chi connectivity index (χ3v) is 17.3. The normalized spacial score (nSPS) is 25.5. The molecule has 1 aromatic carbocycles. The van der Waals surface area contributed by atoms with Crippen LogP contribution in [0.1, 0.15) is 30.9 Å². The molecule has 1 aliphatic heterocycles. The summed E-state index contributed by atoms with van der Waals surface area (Å²) in [5.74, 6) is 0. The Labute approximate surface area is 162 Å². The monoisotopic (exact) mass is 396 g/mol. The van der Waals surface area contributed by atoms with Gasteiger partial charge in [-0.3, -0.25) is 0 Å². The Morgan fingerprint density at radius 2 is 1.96 bits per heavy atom. The molecule has 0 bridgehead atoms. The van der Waals surface area contributed by atoms with Crippen LogP contribution in [0.2, 0.25) is 18.1 Å². The van der Waals surface area contributed by atoms with Gasteiger partial charge in [0.2, 0.25) is 0 Å². The molecule has 0 nitrogen and oxygen atoms in total. The van der Waals surface area contributed by atoms with Gasteiger partial charge in [0.15, 0.2) is 0 Å². The minimum absolute atomic E-state index is 0. The van der Waals surface area contributed by atoms with Gasteiger partial charge in [-0.25, -0.2) is 0 Å². The SMILES string of the molecule is CC[Si]1([C]2([Ti+2][C]3=CC=CC3)C=Cc3ccccc32)CCC1.[Cl-].[Cl-]. The van der Waals surface area contributed by atoms with Gasteiger partial charge >= 0.3 is 138 Å². The van der Waals surface area contributed by atoms with Crippen molar-refractivity contribution in [1.29, 1.82) is 0 Å². The molecule has 2 aliphatic carbocycles. The molecule has 23 heavy (non-hydrogen) atoms. The molecule has 1 saturated heterocycles. The summed E-state index contributed by atoms with van der Waals surface area (Å²) in [5, 5.41) is 0. The standard InChI is InChI=1S/C14H17Si.C5H5.2ClH.Ti/c1-2-15(10-5-11-15)14-9-8-12-6-3-4-7-13(12)14;1-2-4-5-3-1;;;/h3-4,6-9H,2,5,10-11H2,1H3;1-3H,4H2;2*1H;/q;;;;+2/p-2. The van der Waals surface area contributed by atoms with Crippen LogP contribution in [-0.2, 0) is 22.5 Å². The summed E-state index contributed by atoms with van der Waals surface area (Å²) in [7, 11) is -1.15. The van der Waals surface area contributed by atoms with Crippen LogP contribution in [-0.4, -0.2) is 8.07 Å². The second-order valence-corrected chi connectivity index (χ2v) is 15.1. The first-order chi connectivity index (χ1) is 10.3. The van der Waals surface area contributed by atoms with Crippen LogP contribution >= 0.6 is 0 Å². The molecule has 4 rings (SSSR count). The number of halogens is 2. The van der Waals surface area contributed by atoms with E-state index in [1.807, 2.05) is 0 Å². The first-order valence-electron chi connectivity index (χ1n) is 8.22. The van der Waals surface area contributed by atoms with Crippen LogP contribution < -0.4 is 24.8 Å². The van der Waals surface area contributed by atoms with Gasteiger partial charge in [-0.1, -0.05) is 0 Å². The van der Waals surface area contributed by atoms with Crippen molar-refractivity contribution in [3.63, 3.8) is 0 Å². The average molecular weight is 397 g/mol. The second kappa shape index (κ2) is 7.46. The van der Waals surface area contributed by atoms with Crippen molar-refractivity contribution in [2.75, 3.05) is 0 Å². The Kier molecular flexibility index (Phi) is 6.25. The molecular formula is C19H22Cl2SiTi. The fourth-order valence-corrected chi connectivity index (χ4v) is 15.3. The molecule has 0 radical (unpaired) electrons. The van der Waals surface area contributed by atoms with E-state index in [0.717, 1.165) is 0 Å². The van der Waals surface area contributed by atoms with E-state index >= 15 is 0 Å². The summed E-state index contributed by atoms with van der Waals surface area (Å²) in [6.45, 7) is 2.48. The van der Waals surface area contributed by atoms with Crippen LogP contribution in [0.4, 0.5) is 0 Å². The molecule has 0 saturated carbocycles. The Hall–Kier alpha value is -0.0488. The van der Waals surface area contributed by atoms with Crippen molar-refractivity contribution in [1.82, 2.24) is 0 Å². The van der Waals surface area contributed by atoms with Gasteiger partial charge in [0.25, 0.3) is 0 Å². The van der Waals surface area contributed by atoms with Crippen LogP contribution in [0, 0.1) is 0 Å². The molecule has 0 amide bonds. The van der Waals surface area contributed by atoms with E-state index in [9.17, 15) is 0 Å². The van der Waals surface area contributed by atoms with E-state index in [0.29, 0.717) is 3.34 Å². The topological polar surface area (TPSA) is 0 Å². The van der Waals surface area contributed by atoms with Crippen molar-refractivity contribution >= 4 is 14.1 Å². The van der Waals surface area contributed by atoms with Crippen LogP contribution in [0.5, 0.6) is 0 Å². The van der Waals surface area contributed by atoms with E-state index in [1.54, 1.807) is 21.5 Å². The van der Waals surface area contributed by atoms with Crippen molar-refractivity contribution in [2.24, 2.45) is 0 Å². The minimum atomic E-state index is -1.15. The first-order valence-corrected chi connectivity index (χ1v) is 12.4. The number of fused-ring (bicyclic) bond motifs is 1. The fraction of sp³-hybridized carbons (Fsp3) is 0.368. The summed E-state index contributed by atoms with van der Waals surface area (Å²) in [4.78, 5) is 0. The molecule has 3 aliphatic rings. The number of hydrogen-bond acceptors (Lipinski definition) is 0. The quantitative estimate of drug-likeness (QED) is 0.588. The third kappa shape index (κ3) is 2.89. The maximum absolute atomic E-state index is 2.67. The summed E-state index contributed by atoms with van der Waals surface area (Å²) < 4.78 is 2.28. The molecule has 1 atom stereocenters. The van der Waals surface area contributed by atoms with Gasteiger partial charge in [-0.05, 0) is 0 Å². The average Bonchev–Trinajstić information content (AvgIpc) is 3.09. The largest absolute Gasteiger partial charge is 1.00 e.